The summed E-state index contributed by atoms with van der Waals surface area (Å²) >= 11 is 10.5. The summed E-state index contributed by atoms with van der Waals surface area (Å²) in [5.41, 5.74) is 0.816. The average molecular weight is 483 g/mol. The highest BCUT2D eigenvalue weighted by Gasteiger charge is 2.14. The van der Waals surface area contributed by atoms with Gasteiger partial charge in [0.15, 0.2) is 0 Å². The molecule has 0 aliphatic heterocycles. The molecule has 1 aromatic heterocycles. The molecule has 0 saturated heterocycles. The summed E-state index contributed by atoms with van der Waals surface area (Å²) in [6, 6.07) is 14.7. The van der Waals surface area contributed by atoms with E-state index in [1.807, 2.05) is 24.3 Å². The molecule has 3 rings (SSSR count). The van der Waals surface area contributed by atoms with E-state index in [9.17, 15) is 4.79 Å². The molecule has 0 aliphatic rings. The lowest BCUT2D eigenvalue weighted by atomic mass is 10.2. The maximum atomic E-state index is 12.3. The van der Waals surface area contributed by atoms with Crippen molar-refractivity contribution in [1.29, 1.82) is 0 Å². The number of benzene rings is 2. The fourth-order valence-corrected chi connectivity index (χ4v) is 3.42. The van der Waals surface area contributed by atoms with Crippen LogP contribution in [-0.4, -0.2) is 47.0 Å². The zero-order valence-corrected chi connectivity index (χ0v) is 18.1. The van der Waals surface area contributed by atoms with Crippen LogP contribution < -0.4 is 4.74 Å². The van der Waals surface area contributed by atoms with Gasteiger partial charge in [0.1, 0.15) is 12.4 Å². The first kappa shape index (κ1) is 20.7. The molecule has 0 fully saturated rings. The third kappa shape index (κ3) is 5.98. The largest absolute Gasteiger partial charge is 0.492 e. The number of amides is 1. The summed E-state index contributed by atoms with van der Waals surface area (Å²) in [4.78, 5) is 13.9. The second-order valence-electron chi connectivity index (χ2n) is 5.79. The van der Waals surface area contributed by atoms with Crippen LogP contribution in [0.3, 0.4) is 0 Å². The van der Waals surface area contributed by atoms with Crippen LogP contribution in [0.5, 0.6) is 5.75 Å². The Hall–Kier alpha value is -2.03. The number of rotatable bonds is 8. The van der Waals surface area contributed by atoms with Gasteiger partial charge in [0, 0.05) is 22.1 Å². The van der Waals surface area contributed by atoms with Gasteiger partial charge in [-0.3, -0.25) is 4.79 Å². The van der Waals surface area contributed by atoms with Crippen molar-refractivity contribution >= 4 is 45.2 Å². The minimum atomic E-state index is -0.0492. The van der Waals surface area contributed by atoms with Gasteiger partial charge in [0.2, 0.25) is 11.8 Å². The minimum Gasteiger partial charge on any atom is -0.492 e. The number of aromatic nitrogens is 2. The second kappa shape index (κ2) is 9.95. The van der Waals surface area contributed by atoms with Gasteiger partial charge < -0.3 is 14.1 Å². The van der Waals surface area contributed by atoms with Crippen molar-refractivity contribution in [2.75, 3.05) is 26.0 Å². The molecule has 28 heavy (non-hydrogen) atoms. The lowest BCUT2D eigenvalue weighted by molar-refractivity contribution is -0.127. The highest BCUT2D eigenvalue weighted by atomic mass is 79.9. The Morgan fingerprint density at radius 3 is 2.79 bits per heavy atom. The van der Waals surface area contributed by atoms with Crippen LogP contribution in [0, 0.1) is 0 Å². The number of nitrogens with zero attached hydrogens (tertiary/aromatic N) is 3. The Kier molecular flexibility index (Phi) is 7.36. The van der Waals surface area contributed by atoms with Gasteiger partial charge in [-0.05, 0) is 42.5 Å². The normalized spacial score (nSPS) is 10.7. The Morgan fingerprint density at radius 1 is 1.25 bits per heavy atom. The van der Waals surface area contributed by atoms with Gasteiger partial charge in [-0.15, -0.1) is 10.2 Å². The molecule has 0 spiro atoms. The van der Waals surface area contributed by atoms with Crippen molar-refractivity contribution < 1.29 is 13.9 Å². The zero-order chi connectivity index (χ0) is 19.9. The molecule has 2 aromatic carbocycles. The van der Waals surface area contributed by atoms with Crippen molar-refractivity contribution in [3.63, 3.8) is 0 Å². The molecule has 6 nitrogen and oxygen atoms in total. The van der Waals surface area contributed by atoms with Crippen LogP contribution in [-0.2, 0) is 4.79 Å². The Morgan fingerprint density at radius 2 is 2.04 bits per heavy atom. The molecule has 0 unspecified atom stereocenters. The van der Waals surface area contributed by atoms with Gasteiger partial charge in [0.25, 0.3) is 5.22 Å². The molecule has 0 atom stereocenters. The van der Waals surface area contributed by atoms with E-state index < -0.39 is 0 Å². The smallest absolute Gasteiger partial charge is 0.277 e. The first-order chi connectivity index (χ1) is 13.5. The van der Waals surface area contributed by atoms with E-state index in [0.29, 0.717) is 35.0 Å². The lowest BCUT2D eigenvalue weighted by Gasteiger charge is -2.16. The third-order valence-electron chi connectivity index (χ3n) is 3.73. The quantitative estimate of drug-likeness (QED) is 0.430. The summed E-state index contributed by atoms with van der Waals surface area (Å²) in [6.07, 6.45) is 0. The number of hydrogen-bond acceptors (Lipinski definition) is 6. The van der Waals surface area contributed by atoms with Crippen LogP contribution >= 0.6 is 39.3 Å². The lowest BCUT2D eigenvalue weighted by Crippen LogP contribution is -2.32. The molecule has 9 heteroatoms. The van der Waals surface area contributed by atoms with E-state index in [-0.39, 0.29) is 11.7 Å². The van der Waals surface area contributed by atoms with Crippen LogP contribution in [0.1, 0.15) is 0 Å². The Bertz CT molecular complexity index is 936. The van der Waals surface area contributed by atoms with Crippen molar-refractivity contribution in [1.82, 2.24) is 15.1 Å². The van der Waals surface area contributed by atoms with Crippen molar-refractivity contribution in [3.05, 3.63) is 58.0 Å². The van der Waals surface area contributed by atoms with Crippen molar-refractivity contribution in [2.24, 2.45) is 0 Å². The van der Waals surface area contributed by atoms with Crippen LogP contribution in [0.4, 0.5) is 0 Å². The molecule has 3 aromatic rings. The van der Waals surface area contributed by atoms with E-state index in [0.717, 1.165) is 10.0 Å². The highest BCUT2D eigenvalue weighted by Crippen LogP contribution is 2.25. The summed E-state index contributed by atoms with van der Waals surface area (Å²) < 4.78 is 12.1. The SMILES string of the molecule is CN(CCOc1ccc(Cl)cc1)C(=O)CSc1nnc(-c2cccc(Br)c2)o1. The fraction of sp³-hybridized carbons (Fsp3) is 0.211. The average Bonchev–Trinajstić information content (AvgIpc) is 3.16. The number of carbonyl (C=O) groups excluding carboxylic acids is 1. The maximum absolute atomic E-state index is 12.3. The molecule has 0 saturated carbocycles. The molecule has 0 aliphatic carbocycles. The van der Waals surface area contributed by atoms with Gasteiger partial charge >= 0.3 is 0 Å². The van der Waals surface area contributed by atoms with Gasteiger partial charge in [-0.1, -0.05) is 45.4 Å². The number of thioether (sulfide) groups is 1. The van der Waals surface area contributed by atoms with Crippen molar-refractivity contribution in [3.8, 4) is 17.2 Å². The van der Waals surface area contributed by atoms with Crippen molar-refractivity contribution in [2.45, 2.75) is 5.22 Å². The zero-order valence-electron chi connectivity index (χ0n) is 15.0. The number of hydrogen-bond donors (Lipinski definition) is 0. The predicted molar refractivity (Wildman–Crippen MR) is 113 cm³/mol. The molecular formula is C19H17BrClN3O3S. The van der Waals surface area contributed by atoms with Crippen LogP contribution in [0.2, 0.25) is 5.02 Å². The number of carbonyl (C=O) groups is 1. The minimum absolute atomic E-state index is 0.0492. The molecule has 146 valence electrons. The summed E-state index contributed by atoms with van der Waals surface area (Å²) in [7, 11) is 1.73. The summed E-state index contributed by atoms with van der Waals surface area (Å²) in [6.45, 7) is 0.858. The van der Waals surface area contributed by atoms with Crippen LogP contribution in [0.15, 0.2) is 62.6 Å². The first-order valence-corrected chi connectivity index (χ1v) is 10.5. The number of likely N-dealkylation sites (N-methyl/N-ethyl adjacent to an activating group) is 1. The molecule has 1 amide bonds. The monoisotopic (exact) mass is 481 g/mol. The highest BCUT2D eigenvalue weighted by molar-refractivity contribution is 9.10. The summed E-state index contributed by atoms with van der Waals surface area (Å²) in [5.74, 6) is 1.29. The third-order valence-corrected chi connectivity index (χ3v) is 5.28. The van der Waals surface area contributed by atoms with E-state index in [2.05, 4.69) is 26.1 Å². The number of halogens is 2. The second-order valence-corrected chi connectivity index (χ2v) is 8.07. The molecular weight excluding hydrogens is 466 g/mol. The fourth-order valence-electron chi connectivity index (χ4n) is 2.20. The molecule has 0 bridgehead atoms. The molecule has 0 N–H and O–H groups in total. The molecule has 0 radical (unpaired) electrons. The number of ether oxygens (including phenoxy) is 1. The van der Waals surface area contributed by atoms with Gasteiger partial charge in [0.05, 0.1) is 12.3 Å². The molecule has 1 heterocycles. The van der Waals surface area contributed by atoms with Gasteiger partial charge in [-0.2, -0.15) is 0 Å². The van der Waals surface area contributed by atoms with Gasteiger partial charge in [-0.25, -0.2) is 0 Å². The Labute approximate surface area is 180 Å². The first-order valence-electron chi connectivity index (χ1n) is 8.36. The van der Waals surface area contributed by atoms with Crippen LogP contribution in [0.25, 0.3) is 11.5 Å². The predicted octanol–water partition coefficient (Wildman–Crippen LogP) is 4.78. The Balaban J connectivity index is 1.44. The van der Waals surface area contributed by atoms with E-state index in [1.54, 1.807) is 36.2 Å². The van der Waals surface area contributed by atoms with E-state index >= 15 is 0 Å². The standard InChI is InChI=1S/C19H17BrClN3O3S/c1-24(9-10-26-16-7-5-15(21)6-8-16)17(25)12-28-19-23-22-18(27-19)13-3-2-4-14(20)11-13/h2-8,11H,9-10,12H2,1H3. The topological polar surface area (TPSA) is 68.5 Å². The summed E-state index contributed by atoms with van der Waals surface area (Å²) in [5, 5.41) is 9.02. The maximum Gasteiger partial charge on any atom is 0.277 e. The van der Waals surface area contributed by atoms with E-state index in [4.69, 9.17) is 20.8 Å². The van der Waals surface area contributed by atoms with E-state index in [1.165, 1.54) is 11.8 Å².